The average Bonchev–Trinajstić information content (AvgIpc) is 3.62. The van der Waals surface area contributed by atoms with Crippen molar-refractivity contribution in [2.24, 2.45) is 45.3 Å². The molecule has 0 aromatic carbocycles. The largest absolute Gasteiger partial charge is 0.394 e. The molecule has 64 heavy (non-hydrogen) atoms. The summed E-state index contributed by atoms with van der Waals surface area (Å²) in [5.41, 5.74) is -0.948. The standard InChI is InChI=1S/C47H80O17/c1-22(2)10-9-14-47(8,64-42-39(58)36(55)34(53)27(62-42)21-60-40-37(56)32(51)25(50)20-59-40)23-11-16-46(7)31(23)24(49)18-29-44(5)15-13-30(43(3,4)28(44)12-17-45(29,46)6)63-41-38(57)35(54)33(52)26(19-48)61-41/h10,23-42,48-58H,9,11-21H2,1-8H3/t23?,24?,25?,26?,27?,28?,29?,30?,31?,32?,33?,34?,35?,36?,37?,38?,39?,40?,41?,42?,44-,45+,46+,47-/m0/s1. The molecule has 11 N–H and O–H groups in total. The predicted molar refractivity (Wildman–Crippen MR) is 228 cm³/mol. The van der Waals surface area contributed by atoms with Gasteiger partial charge < -0.3 is 84.6 Å². The molecule has 4 saturated carbocycles. The van der Waals surface area contributed by atoms with Crippen molar-refractivity contribution in [1.29, 1.82) is 0 Å². The normalized spacial score (nSPS) is 52.5. The van der Waals surface area contributed by atoms with Crippen LogP contribution >= 0.6 is 0 Å². The van der Waals surface area contributed by atoms with Gasteiger partial charge in [-0.15, -0.1) is 0 Å². The van der Waals surface area contributed by atoms with Crippen molar-refractivity contribution in [1.82, 2.24) is 0 Å². The van der Waals surface area contributed by atoms with Crippen molar-refractivity contribution in [2.75, 3.05) is 19.8 Å². The summed E-state index contributed by atoms with van der Waals surface area (Å²) in [6.45, 7) is 16.3. The van der Waals surface area contributed by atoms with Gasteiger partial charge in [-0.2, -0.15) is 0 Å². The van der Waals surface area contributed by atoms with Gasteiger partial charge in [-0.25, -0.2) is 0 Å². The lowest BCUT2D eigenvalue weighted by molar-refractivity contribution is -0.346. The highest BCUT2D eigenvalue weighted by molar-refractivity contribution is 5.20. The first-order valence-electron chi connectivity index (χ1n) is 23.8. The van der Waals surface area contributed by atoms with E-state index < -0.39 is 116 Å². The fourth-order valence-corrected chi connectivity index (χ4v) is 14.5. The molecule has 3 heterocycles. The number of aliphatic hydroxyl groups excluding tert-OH is 11. The van der Waals surface area contributed by atoms with E-state index in [9.17, 15) is 56.2 Å². The summed E-state index contributed by atoms with van der Waals surface area (Å²) < 4.78 is 36.5. The SMILES string of the molecule is CC(C)=CCC[C@](C)(OC1OC(COC2OCC(O)C(O)C2O)C(O)C(O)C1O)C1CC[C@]2(C)C1C(O)CC1[C@@]3(C)CCC(OC4OC(CO)C(O)C(O)C4O)C(C)(C)C3CC[C@]12C. The minimum absolute atomic E-state index is 0.149. The van der Waals surface area contributed by atoms with Gasteiger partial charge in [0.05, 0.1) is 37.6 Å². The number of allylic oxidation sites excluding steroid dienone is 2. The zero-order valence-corrected chi connectivity index (χ0v) is 39.0. The molecule has 7 fully saturated rings. The van der Waals surface area contributed by atoms with Crippen LogP contribution in [0.1, 0.15) is 113 Å². The average molecular weight is 917 g/mol. The Labute approximate surface area is 377 Å². The molecule has 0 aromatic rings. The Bertz CT molecular complexity index is 1630. The molecule has 0 radical (unpaired) electrons. The Morgan fingerprint density at radius 2 is 1.28 bits per heavy atom. The van der Waals surface area contributed by atoms with E-state index in [1.54, 1.807) is 0 Å². The van der Waals surface area contributed by atoms with Gasteiger partial charge in [0.2, 0.25) is 0 Å². The van der Waals surface area contributed by atoms with Gasteiger partial charge in [0.1, 0.15) is 67.1 Å². The molecular weight excluding hydrogens is 836 g/mol. The Hall–Kier alpha value is -0.940. The van der Waals surface area contributed by atoms with Crippen LogP contribution in [0.5, 0.6) is 0 Å². The first-order chi connectivity index (χ1) is 29.9. The summed E-state index contributed by atoms with van der Waals surface area (Å²) in [6, 6.07) is 0. The molecule has 0 amide bonds. The van der Waals surface area contributed by atoms with Crippen molar-refractivity contribution in [3.63, 3.8) is 0 Å². The highest BCUT2D eigenvalue weighted by atomic mass is 16.7. The smallest absolute Gasteiger partial charge is 0.187 e. The van der Waals surface area contributed by atoms with Crippen LogP contribution in [-0.2, 0) is 28.4 Å². The zero-order chi connectivity index (χ0) is 47.1. The molecule has 24 atom stereocenters. The molecule has 17 heteroatoms. The fraction of sp³-hybridized carbons (Fsp3) is 0.957. The lowest BCUT2D eigenvalue weighted by Gasteiger charge is -2.71. The number of hydrogen-bond donors (Lipinski definition) is 11. The monoisotopic (exact) mass is 917 g/mol. The Balaban J connectivity index is 1.11. The van der Waals surface area contributed by atoms with E-state index in [2.05, 4.69) is 40.7 Å². The molecule has 0 spiro atoms. The molecule has 17 nitrogen and oxygen atoms in total. The molecule has 20 unspecified atom stereocenters. The summed E-state index contributed by atoms with van der Waals surface area (Å²) >= 11 is 0. The van der Waals surface area contributed by atoms with E-state index in [-0.39, 0.29) is 52.6 Å². The van der Waals surface area contributed by atoms with Crippen LogP contribution in [0.3, 0.4) is 0 Å². The topological polar surface area (TPSA) is 278 Å². The maximum Gasteiger partial charge on any atom is 0.187 e. The molecular formula is C47H80O17. The summed E-state index contributed by atoms with van der Waals surface area (Å²) in [5.74, 6) is -0.0478. The van der Waals surface area contributed by atoms with Gasteiger partial charge in [0, 0.05) is 0 Å². The Kier molecular flexibility index (Phi) is 14.9. The van der Waals surface area contributed by atoms with Gasteiger partial charge in [-0.05, 0) is 124 Å². The van der Waals surface area contributed by atoms with Crippen LogP contribution in [0.15, 0.2) is 11.6 Å². The third-order valence-corrected chi connectivity index (χ3v) is 18.4. The Morgan fingerprint density at radius 3 is 1.94 bits per heavy atom. The fourth-order valence-electron chi connectivity index (χ4n) is 14.5. The number of rotatable bonds is 12. The van der Waals surface area contributed by atoms with Crippen molar-refractivity contribution in [3.05, 3.63) is 11.6 Å². The third kappa shape index (κ3) is 8.60. The number of fused-ring (bicyclic) bond motifs is 5. The molecule has 3 aliphatic heterocycles. The van der Waals surface area contributed by atoms with Crippen molar-refractivity contribution >= 4 is 0 Å². The zero-order valence-electron chi connectivity index (χ0n) is 39.0. The van der Waals surface area contributed by atoms with Crippen molar-refractivity contribution < 1.29 is 84.6 Å². The number of aliphatic hydroxyl groups is 11. The molecule has 0 bridgehead atoms. The van der Waals surface area contributed by atoms with E-state index >= 15 is 0 Å². The minimum atomic E-state index is -1.68. The molecule has 0 aromatic heterocycles. The van der Waals surface area contributed by atoms with Crippen molar-refractivity contribution in [3.8, 4) is 0 Å². The molecule has 7 rings (SSSR count). The van der Waals surface area contributed by atoms with Crippen LogP contribution in [0, 0.1) is 45.3 Å². The maximum atomic E-state index is 12.7. The van der Waals surface area contributed by atoms with Gasteiger partial charge >= 0.3 is 0 Å². The molecule has 7 aliphatic rings. The first-order valence-corrected chi connectivity index (χ1v) is 23.8. The highest BCUT2D eigenvalue weighted by Crippen LogP contribution is 2.76. The number of ether oxygens (including phenoxy) is 6. The minimum Gasteiger partial charge on any atom is -0.394 e. The van der Waals surface area contributed by atoms with E-state index in [1.807, 2.05) is 20.8 Å². The number of hydrogen-bond acceptors (Lipinski definition) is 17. The van der Waals surface area contributed by atoms with Crippen LogP contribution in [0.2, 0.25) is 0 Å². The lowest BCUT2D eigenvalue weighted by Crippen LogP contribution is -2.67. The van der Waals surface area contributed by atoms with Gasteiger partial charge in [0.15, 0.2) is 18.9 Å². The maximum absolute atomic E-state index is 12.7. The second-order valence-electron chi connectivity index (χ2n) is 22.5. The summed E-state index contributed by atoms with van der Waals surface area (Å²) in [4.78, 5) is 0. The van der Waals surface area contributed by atoms with Crippen LogP contribution in [0.4, 0.5) is 0 Å². The summed E-state index contributed by atoms with van der Waals surface area (Å²) in [5, 5.41) is 118. The van der Waals surface area contributed by atoms with E-state index in [1.165, 1.54) is 0 Å². The lowest BCUT2D eigenvalue weighted by atomic mass is 9.35. The molecule has 3 saturated heterocycles. The van der Waals surface area contributed by atoms with E-state index in [0.717, 1.165) is 37.7 Å². The third-order valence-electron chi connectivity index (χ3n) is 18.4. The van der Waals surface area contributed by atoms with Crippen LogP contribution in [-0.4, -0.2) is 180 Å². The van der Waals surface area contributed by atoms with E-state index in [4.69, 9.17) is 28.4 Å². The summed E-state index contributed by atoms with van der Waals surface area (Å²) in [7, 11) is 0. The van der Waals surface area contributed by atoms with Gasteiger partial charge in [-0.3, -0.25) is 0 Å². The molecule has 4 aliphatic carbocycles. The van der Waals surface area contributed by atoms with Crippen molar-refractivity contribution in [2.45, 2.75) is 217 Å². The molecule has 370 valence electrons. The van der Waals surface area contributed by atoms with Gasteiger partial charge in [0.25, 0.3) is 0 Å². The Morgan fingerprint density at radius 1 is 0.672 bits per heavy atom. The predicted octanol–water partition coefficient (Wildman–Crippen LogP) is 0.612. The van der Waals surface area contributed by atoms with Crippen LogP contribution < -0.4 is 0 Å². The first kappa shape index (κ1) is 50.9. The van der Waals surface area contributed by atoms with Crippen LogP contribution in [0.25, 0.3) is 0 Å². The summed E-state index contributed by atoms with van der Waals surface area (Å²) in [6.07, 6.45) is -12.4. The van der Waals surface area contributed by atoms with E-state index in [0.29, 0.717) is 25.7 Å². The second kappa shape index (κ2) is 18.8. The quantitative estimate of drug-likeness (QED) is 0.0946. The van der Waals surface area contributed by atoms with Gasteiger partial charge in [-0.1, -0.05) is 46.3 Å². The highest BCUT2D eigenvalue weighted by Gasteiger charge is 2.72. The second-order valence-corrected chi connectivity index (χ2v) is 22.5.